The highest BCUT2D eigenvalue weighted by Crippen LogP contribution is 2.44. The van der Waals surface area contributed by atoms with Crippen molar-refractivity contribution in [1.82, 2.24) is 40.4 Å². The van der Waals surface area contributed by atoms with E-state index in [2.05, 4.69) is 70.8 Å². The molecule has 0 aliphatic carbocycles. The van der Waals surface area contributed by atoms with Gasteiger partial charge in [0.15, 0.2) is 0 Å². The van der Waals surface area contributed by atoms with E-state index in [-0.39, 0.29) is 47.7 Å². The molecule has 6 atom stereocenters. The van der Waals surface area contributed by atoms with Crippen molar-refractivity contribution in [2.24, 2.45) is 11.8 Å². The minimum atomic E-state index is -0.904. The molecule has 5 heterocycles. The zero-order valence-corrected chi connectivity index (χ0v) is 35.8. The number of methoxy groups -OCH3 is 1. The number of carbonyl (C=O) groups is 4. The Morgan fingerprint density at radius 3 is 2.45 bits per heavy atom. The monoisotopic (exact) mass is 836 g/mol. The largest absolute Gasteiger partial charge is 0.488 e. The molecule has 2 aromatic heterocycles. The van der Waals surface area contributed by atoms with Gasteiger partial charge in [0.2, 0.25) is 11.8 Å². The number of imidazole rings is 2. The lowest BCUT2D eigenvalue weighted by atomic mass is 9.92. The number of aromatic amines is 2. The number of H-pyrrole nitrogens is 2. The van der Waals surface area contributed by atoms with E-state index < -0.39 is 18.2 Å². The number of likely N-dealkylation sites (tertiary alicyclic amines) is 2. The van der Waals surface area contributed by atoms with E-state index >= 15 is 0 Å². The molecule has 0 spiro atoms. The maximum atomic E-state index is 14.1. The van der Waals surface area contributed by atoms with Gasteiger partial charge in [-0.25, -0.2) is 14.8 Å². The van der Waals surface area contributed by atoms with Crippen LogP contribution in [0.1, 0.15) is 94.8 Å². The Kier molecular flexibility index (Phi) is 10.7. The van der Waals surface area contributed by atoms with E-state index in [4.69, 9.17) is 19.4 Å². The molecule has 14 heteroatoms. The van der Waals surface area contributed by atoms with Crippen LogP contribution in [-0.4, -0.2) is 79.3 Å². The number of alkyl carbamates (subject to hydrolysis) is 1. The Balaban J connectivity index is 0.971. The maximum absolute atomic E-state index is 14.1. The summed E-state index contributed by atoms with van der Waals surface area (Å²) in [5, 5.41) is 7.63. The summed E-state index contributed by atoms with van der Waals surface area (Å²) >= 11 is 0. The molecule has 0 unspecified atom stereocenters. The van der Waals surface area contributed by atoms with Crippen LogP contribution in [0, 0.1) is 11.8 Å². The smallest absolute Gasteiger partial charge is 0.407 e. The second-order valence-corrected chi connectivity index (χ2v) is 17.4. The Morgan fingerprint density at radius 2 is 1.69 bits per heavy atom. The molecular weight excluding hydrogens is 785 g/mol. The molecule has 3 aliphatic heterocycles. The molecule has 0 saturated carbocycles. The Labute approximate surface area is 359 Å². The predicted octanol–water partition coefficient (Wildman–Crippen LogP) is 7.89. The summed E-state index contributed by atoms with van der Waals surface area (Å²) in [6.07, 6.45) is 3.48. The Bertz CT molecular complexity index is 2710. The number of aromatic nitrogens is 4. The van der Waals surface area contributed by atoms with E-state index in [0.29, 0.717) is 24.5 Å². The number of benzene rings is 4. The minimum Gasteiger partial charge on any atom is -0.488 e. The first kappa shape index (κ1) is 40.7. The topological polar surface area (TPSA) is 175 Å². The number of nitrogens with zero attached hydrogens (tertiary/aromatic N) is 4. The van der Waals surface area contributed by atoms with Crippen molar-refractivity contribution in [2.45, 2.75) is 90.7 Å². The first-order valence-electron chi connectivity index (χ1n) is 21.4. The summed E-state index contributed by atoms with van der Waals surface area (Å²) in [7, 11) is 1.28. The quantitative estimate of drug-likeness (QED) is 0.114. The highest BCUT2D eigenvalue weighted by molar-refractivity contribution is 6.07. The lowest BCUT2D eigenvalue weighted by molar-refractivity contribution is -0.140. The highest BCUT2D eigenvalue weighted by Gasteiger charge is 2.42. The first-order chi connectivity index (χ1) is 29.9. The molecule has 9 rings (SSSR count). The van der Waals surface area contributed by atoms with Gasteiger partial charge in [-0.2, -0.15) is 0 Å². The molecule has 0 radical (unpaired) electrons. The van der Waals surface area contributed by atoms with E-state index in [0.717, 1.165) is 80.6 Å². The SMILES string of the molecule is COC(=O)N[C@@H](C(=O)N1C[C@@H](C)C[C@H]1c1ncc(-c2ccc3c(c2)COc2cc4c(ccc5nc([C@@H]6CC[C@H](C)N6C(=O)[C@@H](NC(C)=O)C(C)C)[nH]c54)cc2-3)[nH]1)c1ccccc1. The molecule has 2 fully saturated rings. The normalized spacial score (nSPS) is 20.4. The molecule has 2 saturated heterocycles. The van der Waals surface area contributed by atoms with Gasteiger partial charge in [0.25, 0.3) is 5.91 Å². The van der Waals surface area contributed by atoms with Crippen LogP contribution in [0.2, 0.25) is 0 Å². The predicted molar refractivity (Wildman–Crippen MR) is 235 cm³/mol. The first-order valence-corrected chi connectivity index (χ1v) is 21.4. The van der Waals surface area contributed by atoms with Gasteiger partial charge in [-0.3, -0.25) is 14.4 Å². The molecule has 14 nitrogen and oxygen atoms in total. The standard InChI is InChI=1S/C48H52N8O6/c1-25(2)41(50-28(5)57)47(59)56-27(4)12-17-38(56)45-51-36-16-14-30-20-35-33-15-13-31(19-32(33)24-62-40(35)21-34(30)43(36)53-45)37-22-49-44(52-37)39-18-26(3)23-55(39)46(58)42(54-48(60)61-6)29-10-8-7-9-11-29/h7-11,13-16,19-22,25-27,38-39,41-42H,12,17-18,23-24H2,1-6H3,(H,49,52)(H,50,57)(H,51,53)(H,54,60)/t26-,27-,38-,39-,41-,42+/m0/s1. The van der Waals surface area contributed by atoms with Crippen LogP contribution in [0.3, 0.4) is 0 Å². The Morgan fingerprint density at radius 1 is 0.887 bits per heavy atom. The van der Waals surface area contributed by atoms with Gasteiger partial charge >= 0.3 is 6.09 Å². The fraction of sp³-hybridized carbons (Fsp3) is 0.375. The molecule has 0 bridgehead atoms. The molecular formula is C48H52N8O6. The number of nitrogens with one attached hydrogen (secondary N) is 4. The van der Waals surface area contributed by atoms with Crippen LogP contribution >= 0.6 is 0 Å². The van der Waals surface area contributed by atoms with Crippen LogP contribution in [0.25, 0.3) is 44.2 Å². The van der Waals surface area contributed by atoms with Gasteiger partial charge in [-0.15, -0.1) is 0 Å². The second-order valence-electron chi connectivity index (χ2n) is 17.4. The van der Waals surface area contributed by atoms with Gasteiger partial charge in [-0.05, 0) is 89.9 Å². The van der Waals surface area contributed by atoms with E-state index in [1.807, 2.05) is 66.2 Å². The summed E-state index contributed by atoms with van der Waals surface area (Å²) in [4.78, 5) is 73.1. The fourth-order valence-electron chi connectivity index (χ4n) is 9.63. The average Bonchev–Trinajstić information content (AvgIpc) is 4.09. The van der Waals surface area contributed by atoms with Gasteiger partial charge < -0.3 is 39.9 Å². The zero-order chi connectivity index (χ0) is 43.4. The third-order valence-corrected chi connectivity index (χ3v) is 12.7. The number of hydrogen-bond donors (Lipinski definition) is 4. The number of ether oxygens (including phenoxy) is 2. The number of rotatable bonds is 9. The third kappa shape index (κ3) is 7.41. The molecule has 62 heavy (non-hydrogen) atoms. The molecule has 320 valence electrons. The summed E-state index contributed by atoms with van der Waals surface area (Å²) in [6.45, 7) is 10.4. The van der Waals surface area contributed by atoms with E-state index in [1.165, 1.54) is 14.0 Å². The summed E-state index contributed by atoms with van der Waals surface area (Å²) in [5.74, 6) is 1.85. The molecule has 4 N–H and O–H groups in total. The summed E-state index contributed by atoms with van der Waals surface area (Å²) in [5.41, 5.74) is 7.28. The fourth-order valence-corrected chi connectivity index (χ4v) is 9.63. The van der Waals surface area contributed by atoms with E-state index in [9.17, 15) is 19.2 Å². The number of amides is 4. The average molecular weight is 837 g/mol. The van der Waals surface area contributed by atoms with Gasteiger partial charge in [0.1, 0.15) is 36.1 Å². The van der Waals surface area contributed by atoms with Crippen LogP contribution < -0.4 is 15.4 Å². The van der Waals surface area contributed by atoms with Crippen molar-refractivity contribution in [3.63, 3.8) is 0 Å². The lowest BCUT2D eigenvalue weighted by Gasteiger charge is -2.33. The molecule has 3 aliphatic rings. The van der Waals surface area contributed by atoms with Crippen LogP contribution in [0.5, 0.6) is 5.75 Å². The minimum absolute atomic E-state index is 0.0115. The van der Waals surface area contributed by atoms with Crippen molar-refractivity contribution in [1.29, 1.82) is 0 Å². The second kappa shape index (κ2) is 16.3. The maximum Gasteiger partial charge on any atom is 0.407 e. The summed E-state index contributed by atoms with van der Waals surface area (Å²) in [6, 6.07) is 21.8. The summed E-state index contributed by atoms with van der Waals surface area (Å²) < 4.78 is 11.3. The van der Waals surface area contributed by atoms with Crippen molar-refractivity contribution < 1.29 is 28.7 Å². The number of fused-ring (bicyclic) bond motifs is 6. The van der Waals surface area contributed by atoms with Crippen molar-refractivity contribution in [3.8, 4) is 28.1 Å². The molecule has 6 aromatic rings. The lowest BCUT2D eigenvalue weighted by Crippen LogP contribution is -2.52. The number of carbonyl (C=O) groups excluding carboxylic acids is 4. The molecule has 4 aromatic carbocycles. The van der Waals surface area contributed by atoms with Gasteiger partial charge in [0.05, 0.1) is 42.1 Å². The Hall–Kier alpha value is -6.70. The van der Waals surface area contributed by atoms with Crippen LogP contribution in [-0.2, 0) is 25.7 Å². The number of hydrogen-bond acceptors (Lipinski definition) is 8. The van der Waals surface area contributed by atoms with E-state index in [1.54, 1.807) is 0 Å². The zero-order valence-electron chi connectivity index (χ0n) is 35.8. The third-order valence-electron chi connectivity index (χ3n) is 12.7. The van der Waals surface area contributed by atoms with Crippen molar-refractivity contribution in [2.75, 3.05) is 13.7 Å². The van der Waals surface area contributed by atoms with Crippen molar-refractivity contribution in [3.05, 3.63) is 102 Å². The van der Waals surface area contributed by atoms with Gasteiger partial charge in [-0.1, -0.05) is 69.3 Å². The van der Waals surface area contributed by atoms with Gasteiger partial charge in [0, 0.05) is 30.5 Å². The van der Waals surface area contributed by atoms with Crippen molar-refractivity contribution >= 4 is 45.6 Å². The van der Waals surface area contributed by atoms with Crippen LogP contribution in [0.15, 0.2) is 79.0 Å². The molecule has 4 amide bonds. The highest BCUT2D eigenvalue weighted by atomic mass is 16.5. The van der Waals surface area contributed by atoms with Crippen LogP contribution in [0.4, 0.5) is 4.79 Å².